The highest BCUT2D eigenvalue weighted by molar-refractivity contribution is 5.77. The molecule has 2 saturated carbocycles. The molecule has 4 rings (SSSR count). The molecule has 1 amide bonds. The summed E-state index contributed by atoms with van der Waals surface area (Å²) in [7, 11) is 0. The summed E-state index contributed by atoms with van der Waals surface area (Å²) in [6.45, 7) is 4.31. The molecule has 2 aliphatic carbocycles. The maximum absolute atomic E-state index is 12.7. The van der Waals surface area contributed by atoms with Crippen molar-refractivity contribution in [1.29, 1.82) is 0 Å². The maximum atomic E-state index is 12.7. The van der Waals surface area contributed by atoms with E-state index in [1.54, 1.807) is 0 Å². The van der Waals surface area contributed by atoms with Gasteiger partial charge in [0.25, 0.3) is 0 Å². The third kappa shape index (κ3) is 9.35. The number of anilines is 2. The van der Waals surface area contributed by atoms with Crippen LogP contribution in [0, 0.1) is 11.3 Å². The largest absolute Gasteiger partial charge is 0.393 e. The van der Waals surface area contributed by atoms with Crippen molar-refractivity contribution in [3.8, 4) is 0 Å². The van der Waals surface area contributed by atoms with E-state index >= 15 is 0 Å². The Kier molecular flexibility index (Phi) is 8.95. The predicted molar refractivity (Wildman–Crippen MR) is 120 cm³/mol. The van der Waals surface area contributed by atoms with Gasteiger partial charge in [0, 0.05) is 32.4 Å². The Bertz CT molecular complexity index is 767. The SMILES string of the molecule is C1CC1.CC(C)(C)C(F)(F)F.NCC1Nc2ccc(CNC(=O)CC3CC(F)(F)C3)cc2N1. The van der Waals surface area contributed by atoms with E-state index in [-0.39, 0.29) is 37.3 Å². The molecule has 0 spiro atoms. The first kappa shape index (κ1) is 27.1. The van der Waals surface area contributed by atoms with Gasteiger partial charge in [-0.1, -0.05) is 46.1 Å². The minimum atomic E-state index is -4.06. The van der Waals surface area contributed by atoms with Gasteiger partial charge < -0.3 is 21.7 Å². The number of amides is 1. The molecular weight excluding hydrogens is 443 g/mol. The number of nitrogens with two attached hydrogens (primary N) is 1. The molecule has 0 saturated heterocycles. The van der Waals surface area contributed by atoms with E-state index in [2.05, 4.69) is 16.0 Å². The summed E-state index contributed by atoms with van der Waals surface area (Å²) < 4.78 is 60.1. The van der Waals surface area contributed by atoms with Gasteiger partial charge in [-0.15, -0.1) is 0 Å². The van der Waals surface area contributed by atoms with Crippen molar-refractivity contribution >= 4 is 17.3 Å². The van der Waals surface area contributed by atoms with Crippen LogP contribution >= 0.6 is 0 Å². The fourth-order valence-electron chi connectivity index (χ4n) is 2.94. The van der Waals surface area contributed by atoms with E-state index in [4.69, 9.17) is 5.73 Å². The minimum absolute atomic E-state index is 0.0279. The van der Waals surface area contributed by atoms with Crippen LogP contribution in [0.4, 0.5) is 33.3 Å². The second-order valence-corrected chi connectivity index (χ2v) is 9.88. The average Bonchev–Trinajstić information content (AvgIpc) is 3.49. The van der Waals surface area contributed by atoms with Crippen LogP contribution in [-0.2, 0) is 11.3 Å². The molecule has 1 aliphatic heterocycles. The highest BCUT2D eigenvalue weighted by atomic mass is 19.4. The average molecular weight is 479 g/mol. The fraction of sp³-hybridized carbons (Fsp3) is 0.696. The summed E-state index contributed by atoms with van der Waals surface area (Å²) in [4.78, 5) is 11.8. The Morgan fingerprint density at radius 3 is 2.09 bits per heavy atom. The lowest BCUT2D eigenvalue weighted by Crippen LogP contribution is -2.38. The Balaban J connectivity index is 0.000000290. The third-order valence-corrected chi connectivity index (χ3v) is 5.32. The number of rotatable bonds is 5. The molecule has 10 heteroatoms. The molecule has 0 radical (unpaired) electrons. The van der Waals surface area contributed by atoms with E-state index in [0.29, 0.717) is 13.1 Å². The second-order valence-electron chi connectivity index (χ2n) is 9.88. The van der Waals surface area contributed by atoms with Crippen molar-refractivity contribution in [2.75, 3.05) is 17.2 Å². The number of nitrogens with one attached hydrogen (secondary N) is 3. The van der Waals surface area contributed by atoms with Gasteiger partial charge in [-0.3, -0.25) is 4.79 Å². The Morgan fingerprint density at radius 2 is 1.64 bits per heavy atom. The van der Waals surface area contributed by atoms with Crippen LogP contribution in [0.3, 0.4) is 0 Å². The topological polar surface area (TPSA) is 79.2 Å². The molecule has 1 aromatic rings. The van der Waals surface area contributed by atoms with Crippen LogP contribution in [0.15, 0.2) is 18.2 Å². The Labute approximate surface area is 192 Å². The van der Waals surface area contributed by atoms with Crippen LogP contribution in [-0.4, -0.2) is 30.7 Å². The zero-order valence-corrected chi connectivity index (χ0v) is 19.4. The van der Waals surface area contributed by atoms with Crippen LogP contribution in [0.2, 0.25) is 0 Å². The molecule has 188 valence electrons. The van der Waals surface area contributed by atoms with Crippen molar-refractivity contribution in [1.82, 2.24) is 5.32 Å². The highest BCUT2D eigenvalue weighted by Gasteiger charge is 2.45. The van der Waals surface area contributed by atoms with E-state index in [1.807, 2.05) is 18.2 Å². The summed E-state index contributed by atoms with van der Waals surface area (Å²) >= 11 is 0. The summed E-state index contributed by atoms with van der Waals surface area (Å²) in [5, 5.41) is 9.26. The lowest BCUT2D eigenvalue weighted by Gasteiger charge is -2.34. The van der Waals surface area contributed by atoms with Gasteiger partial charge >= 0.3 is 6.18 Å². The maximum Gasteiger partial charge on any atom is 0.393 e. The first-order chi connectivity index (χ1) is 15.2. The molecule has 3 aliphatic rings. The van der Waals surface area contributed by atoms with Gasteiger partial charge in [-0.05, 0) is 23.6 Å². The fourth-order valence-corrected chi connectivity index (χ4v) is 2.94. The van der Waals surface area contributed by atoms with Crippen LogP contribution in [0.1, 0.15) is 64.9 Å². The molecule has 0 aromatic heterocycles. The van der Waals surface area contributed by atoms with Crippen LogP contribution in [0.25, 0.3) is 0 Å². The summed E-state index contributed by atoms with van der Waals surface area (Å²) in [6.07, 6.45) is 0.299. The van der Waals surface area contributed by atoms with Gasteiger partial charge in [-0.2, -0.15) is 13.2 Å². The number of alkyl halides is 5. The van der Waals surface area contributed by atoms with Crippen molar-refractivity contribution in [2.45, 2.75) is 84.1 Å². The molecule has 5 N–H and O–H groups in total. The van der Waals surface area contributed by atoms with Crippen LogP contribution < -0.4 is 21.7 Å². The first-order valence-electron chi connectivity index (χ1n) is 11.3. The van der Waals surface area contributed by atoms with E-state index in [9.17, 15) is 26.7 Å². The standard InChI is InChI=1S/C15H20F2N4O.C5H9F3.C3H6/c16-15(17)5-10(6-15)4-14(22)19-8-9-1-2-11-12(3-9)21-13(7-18)20-11;1-4(2,3)5(6,7)8;1-2-3-1/h1-3,10,13,20-21H,4-8,18H2,(H,19,22);1-3H3;1-3H2. The number of hydrogen-bond acceptors (Lipinski definition) is 4. The second kappa shape index (κ2) is 10.9. The zero-order valence-electron chi connectivity index (χ0n) is 19.4. The number of carbonyl (C=O) groups is 1. The third-order valence-electron chi connectivity index (χ3n) is 5.32. The predicted octanol–water partition coefficient (Wildman–Crippen LogP) is 5.63. The molecule has 2 fully saturated rings. The van der Waals surface area contributed by atoms with Crippen molar-refractivity contribution in [3.05, 3.63) is 23.8 Å². The molecule has 5 nitrogen and oxygen atoms in total. The van der Waals surface area contributed by atoms with E-state index < -0.39 is 17.5 Å². The van der Waals surface area contributed by atoms with Gasteiger partial charge in [0.05, 0.1) is 16.8 Å². The summed E-state index contributed by atoms with van der Waals surface area (Å²) in [5.41, 5.74) is 6.94. The molecule has 1 aromatic carbocycles. The van der Waals surface area contributed by atoms with E-state index in [0.717, 1.165) is 37.7 Å². The highest BCUT2D eigenvalue weighted by Crippen LogP contribution is 2.44. The molecule has 1 atom stereocenters. The van der Waals surface area contributed by atoms with Crippen molar-refractivity contribution < 1.29 is 26.7 Å². The van der Waals surface area contributed by atoms with Gasteiger partial charge in [0.15, 0.2) is 0 Å². The number of benzene rings is 1. The normalized spacial score (nSPS) is 20.5. The van der Waals surface area contributed by atoms with Gasteiger partial charge in [0.2, 0.25) is 11.8 Å². The molecule has 1 heterocycles. The zero-order chi connectivity index (χ0) is 24.9. The minimum Gasteiger partial charge on any atom is -0.363 e. The summed E-state index contributed by atoms with van der Waals surface area (Å²) in [6, 6.07) is 5.81. The lowest BCUT2D eigenvalue weighted by molar-refractivity contribution is -0.204. The lowest BCUT2D eigenvalue weighted by atomic mass is 9.79. The number of halogens is 5. The number of fused-ring (bicyclic) bond motifs is 1. The van der Waals surface area contributed by atoms with E-state index in [1.165, 1.54) is 19.3 Å². The van der Waals surface area contributed by atoms with Gasteiger partial charge in [0.1, 0.15) is 6.17 Å². The van der Waals surface area contributed by atoms with Crippen molar-refractivity contribution in [3.63, 3.8) is 0 Å². The first-order valence-corrected chi connectivity index (χ1v) is 11.3. The van der Waals surface area contributed by atoms with Crippen molar-refractivity contribution in [2.24, 2.45) is 17.1 Å². The quantitative estimate of drug-likeness (QED) is 0.414. The Hall–Kier alpha value is -2.10. The molecule has 33 heavy (non-hydrogen) atoms. The number of carbonyl (C=O) groups excluding carboxylic acids is 1. The molecule has 1 unspecified atom stereocenters. The Morgan fingerprint density at radius 1 is 1.09 bits per heavy atom. The number of hydrogen-bond donors (Lipinski definition) is 4. The smallest absolute Gasteiger partial charge is 0.363 e. The molecule has 0 bridgehead atoms. The monoisotopic (exact) mass is 478 g/mol. The van der Waals surface area contributed by atoms with Crippen LogP contribution in [0.5, 0.6) is 0 Å². The molecular formula is C23H35F5N4O. The summed E-state index contributed by atoms with van der Waals surface area (Å²) in [5.74, 6) is -2.93. The van der Waals surface area contributed by atoms with Gasteiger partial charge in [-0.25, -0.2) is 8.78 Å².